The predicted molar refractivity (Wildman–Crippen MR) is 55.3 cm³/mol. The largest absolute Gasteiger partial charge is 0.475 e. The highest BCUT2D eigenvalue weighted by molar-refractivity contribution is 6.30. The van der Waals surface area contributed by atoms with Crippen LogP contribution in [0.5, 0.6) is 5.75 Å². The minimum atomic E-state index is -1.26. The molecule has 15 heavy (non-hydrogen) atoms. The minimum absolute atomic E-state index is 0.0526. The van der Waals surface area contributed by atoms with Crippen molar-refractivity contribution in [3.8, 4) is 5.75 Å². The zero-order valence-electron chi connectivity index (χ0n) is 8.38. The van der Waals surface area contributed by atoms with Crippen molar-refractivity contribution in [3.63, 3.8) is 0 Å². The topological polar surface area (TPSA) is 52.3 Å². The molecule has 0 bridgehead atoms. The predicted octanol–water partition coefficient (Wildman–Crippen LogP) is 2.12. The van der Waals surface area contributed by atoms with Crippen LogP contribution >= 0.6 is 11.6 Å². The maximum absolute atomic E-state index is 13.3. The number of carbonyl (C=O) groups excluding carboxylic acids is 1. The lowest BCUT2D eigenvalue weighted by atomic mass is 10.1. The van der Waals surface area contributed by atoms with Gasteiger partial charge in [0.15, 0.2) is 17.2 Å². The summed E-state index contributed by atoms with van der Waals surface area (Å²) < 4.78 is 18.4. The fourth-order valence-corrected chi connectivity index (χ4v) is 1.04. The molecule has 0 aliphatic carbocycles. The van der Waals surface area contributed by atoms with Crippen LogP contribution in [0, 0.1) is 5.82 Å². The van der Waals surface area contributed by atoms with E-state index in [0.717, 1.165) is 6.07 Å². The molecule has 0 radical (unpaired) electrons. The van der Waals surface area contributed by atoms with Crippen molar-refractivity contribution in [3.05, 3.63) is 29.0 Å². The molecular formula is C10H11ClFNO2. The summed E-state index contributed by atoms with van der Waals surface area (Å²) in [6.45, 7) is 2.92. The van der Waals surface area contributed by atoms with Crippen LogP contribution in [0.1, 0.15) is 13.8 Å². The number of nitrogens with two attached hydrogens (primary N) is 1. The third kappa shape index (κ3) is 2.83. The van der Waals surface area contributed by atoms with E-state index in [0.29, 0.717) is 0 Å². The van der Waals surface area contributed by atoms with E-state index >= 15 is 0 Å². The molecule has 1 aromatic carbocycles. The summed E-state index contributed by atoms with van der Waals surface area (Å²) in [5, 5.41) is 0.261. The van der Waals surface area contributed by atoms with Gasteiger partial charge < -0.3 is 10.5 Å². The molecule has 0 aromatic heterocycles. The molecule has 0 spiro atoms. The molecular weight excluding hydrogens is 221 g/mol. The van der Waals surface area contributed by atoms with Gasteiger partial charge in [-0.1, -0.05) is 11.6 Å². The Balaban J connectivity index is 2.95. The molecule has 0 unspecified atom stereocenters. The van der Waals surface area contributed by atoms with Gasteiger partial charge >= 0.3 is 0 Å². The Kier molecular flexibility index (Phi) is 3.19. The lowest BCUT2D eigenvalue weighted by Gasteiger charge is -2.22. The van der Waals surface area contributed by atoms with Crippen LogP contribution in [0.2, 0.25) is 5.02 Å². The van der Waals surface area contributed by atoms with Crippen molar-refractivity contribution in [2.45, 2.75) is 19.4 Å². The molecule has 0 aliphatic rings. The third-order valence-corrected chi connectivity index (χ3v) is 2.09. The van der Waals surface area contributed by atoms with Gasteiger partial charge in [-0.25, -0.2) is 4.39 Å². The summed E-state index contributed by atoms with van der Waals surface area (Å²) in [5.41, 5.74) is 3.83. The molecule has 1 aromatic rings. The summed E-state index contributed by atoms with van der Waals surface area (Å²) in [6, 6.07) is 3.92. The highest BCUT2D eigenvalue weighted by atomic mass is 35.5. The number of hydrogen-bond donors (Lipinski definition) is 1. The highest BCUT2D eigenvalue weighted by Gasteiger charge is 2.28. The number of ether oxygens (including phenoxy) is 1. The van der Waals surface area contributed by atoms with Crippen molar-refractivity contribution >= 4 is 17.5 Å². The first-order valence-corrected chi connectivity index (χ1v) is 4.65. The standard InChI is InChI=1S/C10H11ClFNO2/c1-10(2,9(13)14)15-8-4-3-6(11)5-7(8)12/h3-5H,1-2H3,(H2,13,14). The molecule has 82 valence electrons. The second-order valence-corrected chi connectivity index (χ2v) is 3.99. The Morgan fingerprint density at radius 2 is 2.13 bits per heavy atom. The Morgan fingerprint density at radius 1 is 1.53 bits per heavy atom. The van der Waals surface area contributed by atoms with Crippen LogP contribution in [0.25, 0.3) is 0 Å². The van der Waals surface area contributed by atoms with Gasteiger partial charge in [0, 0.05) is 5.02 Å². The Hall–Kier alpha value is -1.29. The molecule has 0 fully saturated rings. The maximum atomic E-state index is 13.3. The van der Waals surface area contributed by atoms with Crippen LogP contribution in [-0.4, -0.2) is 11.5 Å². The number of amides is 1. The molecule has 1 rings (SSSR count). The second kappa shape index (κ2) is 4.06. The van der Waals surface area contributed by atoms with E-state index in [2.05, 4.69) is 0 Å². The molecule has 3 nitrogen and oxygen atoms in total. The summed E-state index contributed by atoms with van der Waals surface area (Å²) >= 11 is 5.56. The first kappa shape index (κ1) is 11.8. The van der Waals surface area contributed by atoms with Crippen molar-refractivity contribution in [2.75, 3.05) is 0 Å². The molecule has 0 atom stereocenters. The Morgan fingerprint density at radius 3 is 2.60 bits per heavy atom. The normalized spacial score (nSPS) is 11.2. The zero-order valence-corrected chi connectivity index (χ0v) is 9.14. The monoisotopic (exact) mass is 231 g/mol. The minimum Gasteiger partial charge on any atom is -0.475 e. The van der Waals surface area contributed by atoms with Crippen LogP contribution < -0.4 is 10.5 Å². The molecule has 5 heteroatoms. The van der Waals surface area contributed by atoms with Crippen LogP contribution in [0.4, 0.5) is 4.39 Å². The summed E-state index contributed by atoms with van der Waals surface area (Å²) in [4.78, 5) is 11.0. The number of carbonyl (C=O) groups is 1. The van der Waals surface area contributed by atoms with E-state index in [-0.39, 0.29) is 10.8 Å². The van der Waals surface area contributed by atoms with Gasteiger partial charge in [0.25, 0.3) is 5.91 Å². The molecule has 2 N–H and O–H groups in total. The van der Waals surface area contributed by atoms with E-state index in [9.17, 15) is 9.18 Å². The summed E-state index contributed by atoms with van der Waals surface area (Å²) in [6.07, 6.45) is 0. The summed E-state index contributed by atoms with van der Waals surface area (Å²) in [7, 11) is 0. The number of benzene rings is 1. The Labute approximate surface area is 92.0 Å². The van der Waals surface area contributed by atoms with E-state index in [1.54, 1.807) is 0 Å². The average Bonchev–Trinajstić information content (AvgIpc) is 2.09. The van der Waals surface area contributed by atoms with Crippen molar-refractivity contribution in [1.82, 2.24) is 0 Å². The molecule has 0 saturated carbocycles. The fraction of sp³-hybridized carbons (Fsp3) is 0.300. The smallest absolute Gasteiger partial charge is 0.261 e. The van der Waals surface area contributed by atoms with Gasteiger partial charge in [-0.05, 0) is 32.0 Å². The van der Waals surface area contributed by atoms with Gasteiger partial charge in [0.2, 0.25) is 0 Å². The van der Waals surface area contributed by atoms with E-state index in [1.165, 1.54) is 26.0 Å². The number of rotatable bonds is 3. The number of hydrogen-bond acceptors (Lipinski definition) is 2. The number of primary amides is 1. The van der Waals surface area contributed by atoms with E-state index < -0.39 is 17.3 Å². The van der Waals surface area contributed by atoms with E-state index in [4.69, 9.17) is 22.1 Å². The quantitative estimate of drug-likeness (QED) is 0.866. The van der Waals surface area contributed by atoms with Gasteiger partial charge in [0.1, 0.15) is 0 Å². The highest BCUT2D eigenvalue weighted by Crippen LogP contribution is 2.24. The molecule has 0 saturated heterocycles. The van der Waals surface area contributed by atoms with Gasteiger partial charge in [-0.3, -0.25) is 4.79 Å². The van der Waals surface area contributed by atoms with Gasteiger partial charge in [-0.2, -0.15) is 0 Å². The van der Waals surface area contributed by atoms with Crippen molar-refractivity contribution in [1.29, 1.82) is 0 Å². The average molecular weight is 232 g/mol. The fourth-order valence-electron chi connectivity index (χ4n) is 0.883. The number of halogens is 2. The van der Waals surface area contributed by atoms with Crippen molar-refractivity contribution < 1.29 is 13.9 Å². The van der Waals surface area contributed by atoms with Gasteiger partial charge in [0.05, 0.1) is 0 Å². The Bertz CT molecular complexity index is 393. The third-order valence-electron chi connectivity index (χ3n) is 1.85. The lowest BCUT2D eigenvalue weighted by Crippen LogP contribution is -2.43. The van der Waals surface area contributed by atoms with Crippen LogP contribution in [-0.2, 0) is 4.79 Å². The molecule has 0 aliphatic heterocycles. The maximum Gasteiger partial charge on any atom is 0.261 e. The van der Waals surface area contributed by atoms with Gasteiger partial charge in [-0.15, -0.1) is 0 Å². The van der Waals surface area contributed by atoms with Crippen LogP contribution in [0.15, 0.2) is 18.2 Å². The first-order chi connectivity index (χ1) is 6.83. The second-order valence-electron chi connectivity index (χ2n) is 3.55. The SMILES string of the molecule is CC(C)(Oc1ccc(Cl)cc1F)C(N)=O. The first-order valence-electron chi connectivity index (χ1n) is 4.27. The van der Waals surface area contributed by atoms with E-state index in [1.807, 2.05) is 0 Å². The molecule has 1 amide bonds. The summed E-state index contributed by atoms with van der Waals surface area (Å²) in [5.74, 6) is -1.35. The van der Waals surface area contributed by atoms with Crippen LogP contribution in [0.3, 0.4) is 0 Å². The zero-order chi connectivity index (χ0) is 11.6. The van der Waals surface area contributed by atoms with Crippen molar-refractivity contribution in [2.24, 2.45) is 5.73 Å². The lowest BCUT2D eigenvalue weighted by molar-refractivity contribution is -0.130. The molecule has 0 heterocycles.